The Morgan fingerprint density at radius 3 is 1.69 bits per heavy atom. The van der Waals surface area contributed by atoms with E-state index >= 15 is 0 Å². The lowest BCUT2D eigenvalue weighted by molar-refractivity contribution is 0.112. The molecule has 1 nitrogen and oxygen atoms in total. The Morgan fingerprint density at radius 2 is 1.50 bits per heavy atom. The number of hydrogen-bond acceptors (Lipinski definition) is 1. The highest BCUT2D eigenvalue weighted by molar-refractivity contribution is 6.81. The predicted octanol–water partition coefficient (Wildman–Crippen LogP) is 5.07. The van der Waals surface area contributed by atoms with Gasteiger partial charge in [0.2, 0.25) is 8.32 Å². The molecule has 0 aliphatic rings. The van der Waals surface area contributed by atoms with Crippen molar-refractivity contribution in [1.82, 2.24) is 0 Å². The summed E-state index contributed by atoms with van der Waals surface area (Å²) >= 11 is 0. The Labute approximate surface area is 103 Å². The zero-order valence-corrected chi connectivity index (χ0v) is 13.3. The van der Waals surface area contributed by atoms with E-state index in [-0.39, 0.29) is 5.60 Å². The predicted molar refractivity (Wildman–Crippen MR) is 76.2 cm³/mol. The zero-order valence-electron chi connectivity index (χ0n) is 12.3. The van der Waals surface area contributed by atoms with Crippen LogP contribution in [-0.2, 0) is 4.43 Å². The molecule has 96 valence electrons. The highest BCUT2D eigenvalue weighted by atomic mass is 28.4. The summed E-state index contributed by atoms with van der Waals surface area (Å²) in [5.41, 5.74) is 3.38. The van der Waals surface area contributed by atoms with Crippen LogP contribution in [0, 0.1) is 0 Å². The molecule has 0 N–H and O–H groups in total. The van der Waals surface area contributed by atoms with Crippen molar-refractivity contribution in [1.29, 1.82) is 0 Å². The third kappa shape index (κ3) is 3.74. The molecule has 2 heteroatoms. The first-order chi connectivity index (χ1) is 7.23. The average Bonchev–Trinajstić information content (AvgIpc) is 2.22. The fraction of sp³-hybridized carbons (Fsp3) is 0.857. The fourth-order valence-corrected chi connectivity index (χ4v) is 6.90. The van der Waals surface area contributed by atoms with E-state index in [2.05, 4.69) is 60.7 Å². The molecule has 0 bridgehead atoms. The number of rotatable bonds is 6. The second-order valence-corrected chi connectivity index (χ2v) is 10.2. The summed E-state index contributed by atoms with van der Waals surface area (Å²) in [5, 5.41) is 0. The first-order valence-electron chi connectivity index (χ1n) is 6.57. The third-order valence-electron chi connectivity index (χ3n) is 3.57. The molecule has 2 atom stereocenters. The lowest BCUT2D eigenvalue weighted by Gasteiger charge is -2.43. The van der Waals surface area contributed by atoms with Gasteiger partial charge in [0.05, 0.1) is 0 Å². The van der Waals surface area contributed by atoms with Crippen molar-refractivity contribution in [2.45, 2.75) is 78.0 Å². The topological polar surface area (TPSA) is 9.23 Å². The maximum absolute atomic E-state index is 6.50. The fourth-order valence-electron chi connectivity index (χ4n) is 2.30. The Bertz CT molecular complexity index is 207. The van der Waals surface area contributed by atoms with Crippen LogP contribution in [0.2, 0.25) is 11.1 Å². The summed E-state index contributed by atoms with van der Waals surface area (Å²) in [6, 6.07) is 0. The Hall–Kier alpha value is -0.0831. The van der Waals surface area contributed by atoms with Crippen LogP contribution in [0.15, 0.2) is 12.3 Å². The Balaban J connectivity index is 5.20. The average molecular weight is 242 g/mol. The van der Waals surface area contributed by atoms with Gasteiger partial charge in [-0.2, -0.15) is 0 Å². The van der Waals surface area contributed by atoms with E-state index in [9.17, 15) is 0 Å². The van der Waals surface area contributed by atoms with Gasteiger partial charge in [0.15, 0.2) is 0 Å². The molecular weight excluding hydrogens is 212 g/mol. The minimum Gasteiger partial charge on any atom is -0.408 e. The van der Waals surface area contributed by atoms with Gasteiger partial charge in [-0.1, -0.05) is 46.2 Å². The summed E-state index contributed by atoms with van der Waals surface area (Å²) < 4.78 is 6.50. The van der Waals surface area contributed by atoms with Gasteiger partial charge in [0.25, 0.3) is 0 Å². The summed E-state index contributed by atoms with van der Waals surface area (Å²) in [7, 11) is -1.85. The summed E-state index contributed by atoms with van der Waals surface area (Å²) in [4.78, 5) is 0. The largest absolute Gasteiger partial charge is 0.408 e. The molecule has 2 unspecified atom stereocenters. The first-order valence-corrected chi connectivity index (χ1v) is 8.71. The molecule has 0 radical (unpaired) electrons. The summed E-state index contributed by atoms with van der Waals surface area (Å²) in [6.45, 7) is 19.7. The van der Waals surface area contributed by atoms with Gasteiger partial charge in [0.1, 0.15) is 0 Å². The van der Waals surface area contributed by atoms with E-state index in [1.165, 1.54) is 12.8 Å². The molecule has 0 rings (SSSR count). The van der Waals surface area contributed by atoms with E-state index < -0.39 is 8.32 Å². The van der Waals surface area contributed by atoms with Gasteiger partial charge in [-0.25, -0.2) is 0 Å². The van der Waals surface area contributed by atoms with Gasteiger partial charge in [-0.3, -0.25) is 0 Å². The normalized spacial score (nSPS) is 19.9. The van der Waals surface area contributed by atoms with Crippen LogP contribution < -0.4 is 0 Å². The molecule has 0 aromatic rings. The Kier molecular flexibility index (Phi) is 5.98. The first kappa shape index (κ1) is 15.9. The van der Waals surface area contributed by atoms with Gasteiger partial charge >= 0.3 is 0 Å². The highest BCUT2D eigenvalue weighted by Gasteiger charge is 2.44. The summed E-state index contributed by atoms with van der Waals surface area (Å²) in [5.74, 6) is 0. The van der Waals surface area contributed by atoms with Crippen molar-refractivity contribution in [2.75, 3.05) is 0 Å². The molecule has 0 aliphatic carbocycles. The quantitative estimate of drug-likeness (QED) is 0.591. The smallest absolute Gasteiger partial charge is 0.222 e. The highest BCUT2D eigenvalue weighted by Crippen LogP contribution is 2.41. The molecule has 0 amide bonds. The van der Waals surface area contributed by atoms with Crippen molar-refractivity contribution < 1.29 is 4.43 Å². The maximum atomic E-state index is 6.50. The van der Waals surface area contributed by atoms with E-state index in [4.69, 9.17) is 4.43 Å². The van der Waals surface area contributed by atoms with Crippen LogP contribution >= 0.6 is 0 Å². The van der Waals surface area contributed by atoms with Gasteiger partial charge in [-0.05, 0) is 31.9 Å². The molecule has 0 aromatic carbocycles. The van der Waals surface area contributed by atoms with Crippen molar-refractivity contribution in [3.63, 3.8) is 0 Å². The van der Waals surface area contributed by atoms with Gasteiger partial charge in [0, 0.05) is 5.60 Å². The van der Waals surface area contributed by atoms with Crippen molar-refractivity contribution in [3.05, 3.63) is 12.3 Å². The molecule has 0 saturated carbocycles. The molecule has 16 heavy (non-hydrogen) atoms. The van der Waals surface area contributed by atoms with Crippen LogP contribution in [-0.4, -0.2) is 13.9 Å². The lowest BCUT2D eigenvalue weighted by Crippen LogP contribution is -2.49. The van der Waals surface area contributed by atoms with Gasteiger partial charge in [-0.15, -0.1) is 6.58 Å². The second kappa shape index (κ2) is 6.01. The van der Waals surface area contributed by atoms with Crippen LogP contribution in [0.5, 0.6) is 0 Å². The molecule has 0 aliphatic heterocycles. The van der Waals surface area contributed by atoms with Crippen LogP contribution in [0.4, 0.5) is 0 Å². The lowest BCUT2D eigenvalue weighted by atomic mass is 10.2. The molecule has 0 fully saturated rings. The monoisotopic (exact) mass is 242 g/mol. The molecule has 0 saturated heterocycles. The van der Waals surface area contributed by atoms with Crippen molar-refractivity contribution in [2.24, 2.45) is 0 Å². The molecular formula is C14H30OSi. The SMILES string of the molecule is C=C[Si](OC(C)(C)C)(C(C)CC)C(C)CC. The minimum absolute atomic E-state index is 0.0622. The van der Waals surface area contributed by atoms with Crippen LogP contribution in [0.1, 0.15) is 61.3 Å². The Morgan fingerprint density at radius 1 is 1.12 bits per heavy atom. The molecule has 0 aromatic heterocycles. The second-order valence-electron chi connectivity index (χ2n) is 5.89. The zero-order chi connectivity index (χ0) is 13.0. The standard InChI is InChI=1S/C14H30OSi/c1-9-12(4)16(11-3,13(5)10-2)15-14(6,7)8/h11-13H,3,9-10H2,1-2,4-8H3. The molecule has 0 spiro atoms. The van der Waals surface area contributed by atoms with Crippen molar-refractivity contribution in [3.8, 4) is 0 Å². The van der Waals surface area contributed by atoms with E-state index in [1.807, 2.05) is 0 Å². The van der Waals surface area contributed by atoms with Crippen LogP contribution in [0.25, 0.3) is 0 Å². The maximum Gasteiger partial charge on any atom is 0.222 e. The third-order valence-corrected chi connectivity index (χ3v) is 9.07. The van der Waals surface area contributed by atoms with E-state index in [0.717, 1.165) is 0 Å². The minimum atomic E-state index is -1.85. The van der Waals surface area contributed by atoms with E-state index in [1.54, 1.807) is 0 Å². The number of hydrogen-bond donors (Lipinski definition) is 0. The van der Waals surface area contributed by atoms with E-state index in [0.29, 0.717) is 11.1 Å². The summed E-state index contributed by atoms with van der Waals surface area (Å²) in [6.07, 6.45) is 2.36. The van der Waals surface area contributed by atoms with Crippen LogP contribution in [0.3, 0.4) is 0 Å². The molecule has 0 heterocycles. The van der Waals surface area contributed by atoms with Gasteiger partial charge < -0.3 is 4.43 Å². The van der Waals surface area contributed by atoms with Crippen molar-refractivity contribution >= 4 is 8.32 Å².